The predicted octanol–water partition coefficient (Wildman–Crippen LogP) is 4.85. The van der Waals surface area contributed by atoms with Gasteiger partial charge in [-0.3, -0.25) is 9.28 Å². The lowest BCUT2D eigenvalue weighted by Crippen LogP contribution is -2.45. The number of nitrogens with two attached hydrogens (primary N) is 1. The number of aromatic nitrogens is 3. The molecule has 40 heavy (non-hydrogen) atoms. The summed E-state index contributed by atoms with van der Waals surface area (Å²) < 4.78 is 25.4. The highest BCUT2D eigenvalue weighted by atomic mass is 79.9. The van der Waals surface area contributed by atoms with Gasteiger partial charge in [0.15, 0.2) is 0 Å². The maximum Gasteiger partial charge on any atom is 0.298 e. The molecule has 0 bridgehead atoms. The topological polar surface area (TPSA) is 149 Å². The third-order valence-electron chi connectivity index (χ3n) is 6.38. The number of quaternary nitrogens is 1. The van der Waals surface area contributed by atoms with E-state index in [9.17, 15) is 14.4 Å². The van der Waals surface area contributed by atoms with Gasteiger partial charge in [0.05, 0.1) is 29.8 Å². The maximum atomic E-state index is 14.0. The number of halogens is 2. The smallest absolute Gasteiger partial charge is 0.298 e. The summed E-state index contributed by atoms with van der Waals surface area (Å²) >= 11 is 3.08. The SMILES string of the molecule is CCCCc1cc2ccccc2c(OCC[N+](C)(C)c2nonc2/C(=N\O)Nc2cc(Br)c(F)cc2C(N)=O)n1. The van der Waals surface area contributed by atoms with E-state index in [1.54, 1.807) is 0 Å². The van der Waals surface area contributed by atoms with Gasteiger partial charge in [-0.15, -0.1) is 0 Å². The molecule has 0 radical (unpaired) electrons. The van der Waals surface area contributed by atoms with Crippen LogP contribution in [0, 0.1) is 5.82 Å². The van der Waals surface area contributed by atoms with E-state index in [0.29, 0.717) is 18.2 Å². The summed E-state index contributed by atoms with van der Waals surface area (Å²) in [5.74, 6) is -0.858. The lowest BCUT2D eigenvalue weighted by atomic mass is 10.1. The molecular formula is C27H30BrFN7O4+. The van der Waals surface area contributed by atoms with Crippen molar-refractivity contribution in [2.24, 2.45) is 10.9 Å². The van der Waals surface area contributed by atoms with Crippen molar-refractivity contribution >= 4 is 50.0 Å². The van der Waals surface area contributed by atoms with Crippen LogP contribution in [0.3, 0.4) is 0 Å². The fourth-order valence-electron chi connectivity index (χ4n) is 4.14. The van der Waals surface area contributed by atoms with Crippen LogP contribution in [0.25, 0.3) is 10.8 Å². The number of rotatable bonds is 11. The van der Waals surface area contributed by atoms with Crippen LogP contribution in [0.15, 0.2) is 56.7 Å². The predicted molar refractivity (Wildman–Crippen MR) is 153 cm³/mol. The quantitative estimate of drug-likeness (QED) is 0.0713. The number of aryl methyl sites for hydroxylation is 1. The summed E-state index contributed by atoms with van der Waals surface area (Å²) in [5, 5.41) is 25.8. The number of unbranched alkanes of at least 4 members (excludes halogenated alkanes) is 1. The molecular weight excluding hydrogens is 585 g/mol. The Bertz CT molecular complexity index is 1560. The number of carbonyl (C=O) groups excluding carboxylic acids is 1. The monoisotopic (exact) mass is 614 g/mol. The molecule has 1 amide bonds. The molecule has 210 valence electrons. The summed E-state index contributed by atoms with van der Waals surface area (Å²) in [4.78, 5) is 16.6. The van der Waals surface area contributed by atoms with E-state index in [0.717, 1.165) is 41.8 Å². The van der Waals surface area contributed by atoms with Crippen LogP contribution in [0.2, 0.25) is 0 Å². The first kappa shape index (κ1) is 28.9. The Morgan fingerprint density at radius 1 is 1.25 bits per heavy atom. The van der Waals surface area contributed by atoms with Crippen molar-refractivity contribution in [1.82, 2.24) is 19.8 Å². The number of oxime groups is 1. The average molecular weight is 615 g/mol. The van der Waals surface area contributed by atoms with Gasteiger partial charge in [0.25, 0.3) is 11.7 Å². The second kappa shape index (κ2) is 12.4. The van der Waals surface area contributed by atoms with Gasteiger partial charge in [0.2, 0.25) is 17.4 Å². The summed E-state index contributed by atoms with van der Waals surface area (Å²) in [7, 11) is 3.71. The number of carbonyl (C=O) groups is 1. The molecule has 0 saturated carbocycles. The first-order valence-corrected chi connectivity index (χ1v) is 13.4. The summed E-state index contributed by atoms with van der Waals surface area (Å²) in [5.41, 5.74) is 6.41. The van der Waals surface area contributed by atoms with Crippen molar-refractivity contribution in [3.05, 3.63) is 69.7 Å². The first-order valence-electron chi connectivity index (χ1n) is 12.6. The number of anilines is 1. The molecule has 0 unspecified atom stereocenters. The van der Waals surface area contributed by atoms with Gasteiger partial charge in [-0.1, -0.05) is 36.7 Å². The molecule has 4 rings (SSSR count). The third kappa shape index (κ3) is 6.37. The van der Waals surface area contributed by atoms with Crippen LogP contribution in [0.5, 0.6) is 5.88 Å². The number of nitrogens with zero attached hydrogens (tertiary/aromatic N) is 5. The second-order valence-electron chi connectivity index (χ2n) is 9.69. The van der Waals surface area contributed by atoms with Gasteiger partial charge < -0.3 is 21.0 Å². The van der Waals surface area contributed by atoms with Gasteiger partial charge in [-0.25, -0.2) is 14.0 Å². The van der Waals surface area contributed by atoms with E-state index >= 15 is 0 Å². The fraction of sp³-hybridized carbons (Fsp3) is 0.296. The lowest BCUT2D eigenvalue weighted by molar-refractivity contribution is 0.100. The van der Waals surface area contributed by atoms with Crippen molar-refractivity contribution in [3.8, 4) is 5.88 Å². The number of benzene rings is 2. The average Bonchev–Trinajstić information content (AvgIpc) is 3.43. The van der Waals surface area contributed by atoms with E-state index in [2.05, 4.69) is 49.7 Å². The molecule has 2 aromatic heterocycles. The zero-order valence-corrected chi connectivity index (χ0v) is 23.9. The highest BCUT2D eigenvalue weighted by molar-refractivity contribution is 9.10. The van der Waals surface area contributed by atoms with Crippen LogP contribution in [-0.4, -0.2) is 59.5 Å². The molecule has 0 aliphatic rings. The van der Waals surface area contributed by atoms with Crippen molar-refractivity contribution in [2.45, 2.75) is 26.2 Å². The summed E-state index contributed by atoms with van der Waals surface area (Å²) in [6.07, 6.45) is 2.97. The molecule has 2 aromatic carbocycles. The first-order chi connectivity index (χ1) is 19.1. The number of hydrogen-bond donors (Lipinski definition) is 3. The van der Waals surface area contributed by atoms with E-state index in [1.165, 1.54) is 6.07 Å². The molecule has 11 nitrogen and oxygen atoms in total. The molecule has 0 fully saturated rings. The largest absolute Gasteiger partial charge is 0.471 e. The number of fused-ring (bicyclic) bond motifs is 1. The zero-order valence-electron chi connectivity index (χ0n) is 22.3. The molecule has 0 aliphatic heterocycles. The molecule has 4 aromatic rings. The normalized spacial score (nSPS) is 12.1. The molecule has 0 atom stereocenters. The molecule has 0 saturated heterocycles. The standard InChI is InChI=1S/C27H29BrFN7O4/c1-4-5-9-17-13-16-8-6-7-10-18(16)27(31-17)39-12-11-36(2,3)26-23(34-40-35-26)25(33-38)32-22-15-20(28)21(29)14-19(22)24(30)37/h6-8,10,13-15H,4-5,9,11-12H2,1-3H3,(H3-,30,32,33,34,35,37,38)/p+1. The van der Waals surface area contributed by atoms with Crippen LogP contribution in [0.1, 0.15) is 41.5 Å². The highest BCUT2D eigenvalue weighted by Crippen LogP contribution is 2.28. The van der Waals surface area contributed by atoms with E-state index in [1.807, 2.05) is 38.4 Å². The van der Waals surface area contributed by atoms with Gasteiger partial charge in [0.1, 0.15) is 19.0 Å². The number of hydrogen-bond acceptors (Lipinski definition) is 8. The van der Waals surface area contributed by atoms with E-state index < -0.39 is 11.7 Å². The molecule has 0 aliphatic carbocycles. The van der Waals surface area contributed by atoms with Crippen molar-refractivity contribution < 1.29 is 23.8 Å². The zero-order chi connectivity index (χ0) is 28.9. The second-order valence-corrected chi connectivity index (χ2v) is 10.5. The van der Waals surface area contributed by atoms with Crippen molar-refractivity contribution in [1.29, 1.82) is 0 Å². The minimum absolute atomic E-state index is 0.0731. The Morgan fingerprint density at radius 3 is 2.75 bits per heavy atom. The van der Waals surface area contributed by atoms with E-state index in [4.69, 9.17) is 20.1 Å². The van der Waals surface area contributed by atoms with Gasteiger partial charge in [0, 0.05) is 16.2 Å². The third-order valence-corrected chi connectivity index (χ3v) is 6.99. The molecule has 0 spiro atoms. The number of amides is 1. The number of amidine groups is 1. The number of nitrogens with one attached hydrogen (secondary N) is 1. The summed E-state index contributed by atoms with van der Waals surface area (Å²) in [6.45, 7) is 2.84. The Balaban J connectivity index is 1.54. The van der Waals surface area contributed by atoms with Crippen LogP contribution >= 0.6 is 15.9 Å². The molecule has 2 heterocycles. The number of ether oxygens (including phenoxy) is 1. The van der Waals surface area contributed by atoms with Gasteiger partial charge in [-0.2, -0.15) is 0 Å². The number of likely N-dealkylation sites (N-methyl/N-ethyl adjacent to an activating group) is 1. The van der Waals surface area contributed by atoms with E-state index in [-0.39, 0.29) is 38.3 Å². The van der Waals surface area contributed by atoms with Crippen LogP contribution < -0.4 is 20.3 Å². The minimum atomic E-state index is -0.877. The van der Waals surface area contributed by atoms with Crippen molar-refractivity contribution in [3.63, 3.8) is 0 Å². The molecule has 13 heteroatoms. The van der Waals surface area contributed by atoms with Gasteiger partial charge >= 0.3 is 0 Å². The van der Waals surface area contributed by atoms with Crippen LogP contribution in [-0.2, 0) is 6.42 Å². The molecule has 4 N–H and O–H groups in total. The fourth-order valence-corrected chi connectivity index (χ4v) is 4.48. The van der Waals surface area contributed by atoms with Gasteiger partial charge in [-0.05, 0) is 63.6 Å². The Hall–Kier alpha value is -4.10. The number of primary amides is 1. The maximum absolute atomic E-state index is 14.0. The minimum Gasteiger partial charge on any atom is -0.471 e. The summed E-state index contributed by atoms with van der Waals surface area (Å²) in [6, 6.07) is 12.3. The Kier molecular flexibility index (Phi) is 8.95. The lowest BCUT2D eigenvalue weighted by Gasteiger charge is -2.26. The Labute approximate surface area is 238 Å². The highest BCUT2D eigenvalue weighted by Gasteiger charge is 2.33. The Morgan fingerprint density at radius 2 is 2.02 bits per heavy atom. The van der Waals surface area contributed by atoms with Crippen molar-refractivity contribution in [2.75, 3.05) is 32.6 Å². The number of pyridine rings is 1. The van der Waals surface area contributed by atoms with Crippen LogP contribution in [0.4, 0.5) is 15.9 Å².